The highest BCUT2D eigenvalue weighted by molar-refractivity contribution is 7.99. The molecule has 1 aromatic carbocycles. The zero-order chi connectivity index (χ0) is 15.2. The van der Waals surface area contributed by atoms with Crippen LogP contribution in [0, 0.1) is 12.8 Å². The Balaban J connectivity index is 2.04. The summed E-state index contributed by atoms with van der Waals surface area (Å²) in [7, 11) is 0. The van der Waals surface area contributed by atoms with E-state index in [2.05, 4.69) is 49.3 Å². The monoisotopic (exact) mass is 320 g/mol. The van der Waals surface area contributed by atoms with Crippen molar-refractivity contribution in [3.63, 3.8) is 0 Å². The van der Waals surface area contributed by atoms with E-state index in [1.54, 1.807) is 18.0 Å². The molecular formula is C17H21ClN2S. The summed E-state index contributed by atoms with van der Waals surface area (Å²) in [5, 5.41) is 5.02. The molecule has 21 heavy (non-hydrogen) atoms. The third kappa shape index (κ3) is 5.03. The number of hydrogen-bond acceptors (Lipinski definition) is 3. The maximum absolute atomic E-state index is 6.16. The first-order valence-electron chi connectivity index (χ1n) is 7.15. The fourth-order valence-corrected chi connectivity index (χ4v) is 3.07. The van der Waals surface area contributed by atoms with Gasteiger partial charge in [0.25, 0.3) is 0 Å². The summed E-state index contributed by atoms with van der Waals surface area (Å²) in [6.07, 6.45) is 1.77. The second-order valence-corrected chi connectivity index (χ2v) is 6.95. The topological polar surface area (TPSA) is 24.9 Å². The molecule has 0 aliphatic carbocycles. The number of benzene rings is 1. The molecule has 0 unspecified atom stereocenters. The van der Waals surface area contributed by atoms with Crippen molar-refractivity contribution >= 4 is 23.4 Å². The average Bonchev–Trinajstić information content (AvgIpc) is 2.43. The van der Waals surface area contributed by atoms with Crippen LogP contribution in [0.25, 0.3) is 0 Å². The van der Waals surface area contributed by atoms with E-state index in [0.29, 0.717) is 10.9 Å². The van der Waals surface area contributed by atoms with Gasteiger partial charge in [0.05, 0.1) is 5.02 Å². The van der Waals surface area contributed by atoms with E-state index in [-0.39, 0.29) is 0 Å². The first-order chi connectivity index (χ1) is 10.1. The van der Waals surface area contributed by atoms with Gasteiger partial charge < -0.3 is 5.32 Å². The largest absolute Gasteiger partial charge is 0.312 e. The number of aromatic nitrogens is 1. The molecule has 2 nitrogen and oxygen atoms in total. The Morgan fingerprint density at radius 2 is 2.10 bits per heavy atom. The summed E-state index contributed by atoms with van der Waals surface area (Å²) in [6.45, 7) is 8.52. The van der Waals surface area contributed by atoms with E-state index >= 15 is 0 Å². The lowest BCUT2D eigenvalue weighted by molar-refractivity contribution is 0.552. The van der Waals surface area contributed by atoms with E-state index in [9.17, 15) is 0 Å². The molecule has 2 rings (SSSR count). The number of nitrogens with one attached hydrogen (secondary N) is 1. The van der Waals surface area contributed by atoms with E-state index in [1.807, 2.05) is 12.1 Å². The van der Waals surface area contributed by atoms with Crippen LogP contribution in [-0.4, -0.2) is 11.5 Å². The molecule has 0 aliphatic rings. The molecular weight excluding hydrogens is 300 g/mol. The van der Waals surface area contributed by atoms with Crippen molar-refractivity contribution < 1.29 is 0 Å². The quantitative estimate of drug-likeness (QED) is 0.816. The first kappa shape index (κ1) is 16.3. The van der Waals surface area contributed by atoms with Crippen LogP contribution in [-0.2, 0) is 6.54 Å². The molecule has 0 radical (unpaired) electrons. The zero-order valence-corrected chi connectivity index (χ0v) is 14.3. The van der Waals surface area contributed by atoms with Gasteiger partial charge in [0.1, 0.15) is 5.03 Å². The second kappa shape index (κ2) is 7.83. The van der Waals surface area contributed by atoms with E-state index in [4.69, 9.17) is 11.6 Å². The van der Waals surface area contributed by atoms with Crippen molar-refractivity contribution in [1.82, 2.24) is 10.3 Å². The lowest BCUT2D eigenvalue weighted by atomic mass is 10.1. The maximum Gasteiger partial charge on any atom is 0.119 e. The summed E-state index contributed by atoms with van der Waals surface area (Å²) in [6, 6.07) is 10.3. The number of halogens is 1. The number of aryl methyl sites for hydroxylation is 1. The Morgan fingerprint density at radius 3 is 2.76 bits per heavy atom. The van der Waals surface area contributed by atoms with E-state index in [1.165, 1.54) is 16.0 Å². The van der Waals surface area contributed by atoms with Gasteiger partial charge in [-0.1, -0.05) is 49.3 Å². The van der Waals surface area contributed by atoms with Crippen LogP contribution in [0.1, 0.15) is 25.0 Å². The van der Waals surface area contributed by atoms with E-state index < -0.39 is 0 Å². The van der Waals surface area contributed by atoms with Crippen LogP contribution in [0.5, 0.6) is 0 Å². The smallest absolute Gasteiger partial charge is 0.119 e. The molecule has 0 atom stereocenters. The summed E-state index contributed by atoms with van der Waals surface area (Å²) >= 11 is 7.78. The predicted molar refractivity (Wildman–Crippen MR) is 91.1 cm³/mol. The fourth-order valence-electron chi connectivity index (χ4n) is 1.99. The summed E-state index contributed by atoms with van der Waals surface area (Å²) in [5.74, 6) is 0.673. The van der Waals surface area contributed by atoms with Gasteiger partial charge in [-0.05, 0) is 48.7 Å². The molecule has 0 aliphatic heterocycles. The highest BCUT2D eigenvalue weighted by Gasteiger charge is 2.07. The van der Waals surface area contributed by atoms with Gasteiger partial charge in [0.15, 0.2) is 0 Å². The van der Waals surface area contributed by atoms with Crippen molar-refractivity contribution in [2.24, 2.45) is 5.92 Å². The van der Waals surface area contributed by atoms with Gasteiger partial charge in [0.2, 0.25) is 0 Å². The molecule has 0 saturated heterocycles. The fraction of sp³-hybridized carbons (Fsp3) is 0.353. The Hall–Kier alpha value is -1.03. The first-order valence-corrected chi connectivity index (χ1v) is 8.34. The molecule has 1 aromatic heterocycles. The normalized spacial score (nSPS) is 11.1. The third-order valence-corrected chi connectivity index (χ3v) is 4.67. The molecule has 1 N–H and O–H groups in total. The van der Waals surface area contributed by atoms with E-state index in [0.717, 1.165) is 18.1 Å². The van der Waals surface area contributed by atoms with Crippen molar-refractivity contribution in [3.05, 3.63) is 52.7 Å². The van der Waals surface area contributed by atoms with Crippen LogP contribution in [0.2, 0.25) is 5.02 Å². The van der Waals surface area contributed by atoms with Gasteiger partial charge in [-0.25, -0.2) is 4.98 Å². The minimum atomic E-state index is 0.673. The van der Waals surface area contributed by atoms with Gasteiger partial charge in [-0.3, -0.25) is 0 Å². The minimum absolute atomic E-state index is 0.673. The van der Waals surface area contributed by atoms with Crippen molar-refractivity contribution in [3.8, 4) is 0 Å². The Labute approximate surface area is 136 Å². The highest BCUT2D eigenvalue weighted by Crippen LogP contribution is 2.33. The number of pyridine rings is 1. The molecule has 2 aromatic rings. The SMILES string of the molecule is Cc1cc(CNCC(C)C)ccc1Sc1ncccc1Cl. The molecule has 112 valence electrons. The molecule has 0 amide bonds. The van der Waals surface area contributed by atoms with Crippen LogP contribution < -0.4 is 5.32 Å². The third-order valence-electron chi connectivity index (χ3n) is 3.05. The standard InChI is InChI=1S/C17H21ClN2S/c1-12(2)10-19-11-14-6-7-16(13(3)9-14)21-17-15(18)5-4-8-20-17/h4-9,12,19H,10-11H2,1-3H3. The van der Waals surface area contributed by atoms with Crippen LogP contribution in [0.4, 0.5) is 0 Å². The van der Waals surface area contributed by atoms with Gasteiger partial charge in [-0.2, -0.15) is 0 Å². The molecule has 0 bridgehead atoms. The summed E-state index contributed by atoms with van der Waals surface area (Å²) in [4.78, 5) is 5.52. The zero-order valence-electron chi connectivity index (χ0n) is 12.7. The van der Waals surface area contributed by atoms with Gasteiger partial charge >= 0.3 is 0 Å². The van der Waals surface area contributed by atoms with Crippen molar-refractivity contribution in [2.45, 2.75) is 37.2 Å². The Kier molecular flexibility index (Phi) is 6.09. The molecule has 0 fully saturated rings. The van der Waals surface area contributed by atoms with Crippen LogP contribution in [0.15, 0.2) is 46.5 Å². The Bertz CT molecular complexity index is 599. The predicted octanol–water partition coefficient (Wildman–Crippen LogP) is 4.94. The highest BCUT2D eigenvalue weighted by atomic mass is 35.5. The van der Waals surface area contributed by atoms with Crippen molar-refractivity contribution in [1.29, 1.82) is 0 Å². The minimum Gasteiger partial charge on any atom is -0.312 e. The lowest BCUT2D eigenvalue weighted by Crippen LogP contribution is -2.18. The maximum atomic E-state index is 6.16. The van der Waals surface area contributed by atoms with Crippen molar-refractivity contribution in [2.75, 3.05) is 6.54 Å². The number of nitrogens with zero attached hydrogens (tertiary/aromatic N) is 1. The Morgan fingerprint density at radius 1 is 1.29 bits per heavy atom. The summed E-state index contributed by atoms with van der Waals surface area (Å²) in [5.41, 5.74) is 2.56. The average molecular weight is 321 g/mol. The number of hydrogen-bond donors (Lipinski definition) is 1. The second-order valence-electron chi connectivity index (χ2n) is 5.52. The molecule has 0 saturated carbocycles. The van der Waals surface area contributed by atoms with Crippen LogP contribution >= 0.6 is 23.4 Å². The molecule has 1 heterocycles. The summed E-state index contributed by atoms with van der Waals surface area (Å²) < 4.78 is 0. The lowest BCUT2D eigenvalue weighted by Gasteiger charge is -2.10. The van der Waals surface area contributed by atoms with Gasteiger partial charge in [0, 0.05) is 17.6 Å². The molecule has 4 heteroatoms. The van der Waals surface area contributed by atoms with Crippen LogP contribution in [0.3, 0.4) is 0 Å². The number of rotatable bonds is 6. The van der Waals surface area contributed by atoms with Gasteiger partial charge in [-0.15, -0.1) is 0 Å². The molecule has 0 spiro atoms.